The van der Waals surface area contributed by atoms with Gasteiger partial charge in [-0.05, 0) is 116 Å². The minimum absolute atomic E-state index is 0.556. The summed E-state index contributed by atoms with van der Waals surface area (Å²) < 4.78 is 2.50. The van der Waals surface area contributed by atoms with Crippen molar-refractivity contribution in [2.24, 2.45) is 0 Å². The number of aromatic nitrogens is 1. The van der Waals surface area contributed by atoms with Gasteiger partial charge < -0.3 is 9.47 Å². The lowest BCUT2D eigenvalue weighted by Crippen LogP contribution is -2.36. The minimum Gasteiger partial charge on any atom is -0.310 e. The van der Waals surface area contributed by atoms with E-state index in [0.717, 1.165) is 22.6 Å². The summed E-state index contributed by atoms with van der Waals surface area (Å²) in [5.74, 6) is 0. The number of rotatable bonds is 6. The summed E-state index contributed by atoms with van der Waals surface area (Å²) in [6, 6.07) is 94.5. The molecule has 14 rings (SSSR count). The number of fused-ring (bicyclic) bond motifs is 11. The van der Waals surface area contributed by atoms with Crippen molar-refractivity contribution >= 4 is 61.4 Å². The number of anilines is 3. The number of hydrogen-bond acceptors (Lipinski definition) is 2. The zero-order chi connectivity index (χ0) is 44.8. The van der Waals surface area contributed by atoms with E-state index in [0.29, 0.717) is 0 Å². The standard InChI is InChI=1S/C65H42N2S/c1-4-19-43(20-5-1)49-28-18-29-50(44-21-6-2-7-22-44)64(49)67-59-34-13-10-27-52(59)54-41-47(38-40-60(54)67)66(46-25-8-3-9-26-46)48-37-39-51-53-30-16-23-45-24-17-33-57(63(45)53)65(58(51)42-48)55-31-11-14-35-61(55)68-62-36-15-12-32-56(62)65/h1-42H. The maximum Gasteiger partial charge on any atom is 0.0736 e. The first kappa shape index (κ1) is 38.9. The van der Waals surface area contributed by atoms with Crippen LogP contribution in [0.3, 0.4) is 0 Å². The molecule has 0 radical (unpaired) electrons. The molecule has 0 unspecified atom stereocenters. The lowest BCUT2D eigenvalue weighted by Gasteiger charge is -2.46. The summed E-state index contributed by atoms with van der Waals surface area (Å²) >= 11 is 1.89. The molecular formula is C65H42N2S. The Bertz CT molecular complexity index is 3840. The van der Waals surface area contributed by atoms with Gasteiger partial charge in [0.05, 0.1) is 22.1 Å². The number of hydrogen-bond donors (Lipinski definition) is 0. The van der Waals surface area contributed by atoms with Crippen molar-refractivity contribution in [1.29, 1.82) is 0 Å². The summed E-state index contributed by atoms with van der Waals surface area (Å²) in [7, 11) is 0. The smallest absolute Gasteiger partial charge is 0.0736 e. The average Bonchev–Trinajstić information content (AvgIpc) is 3.74. The SMILES string of the molecule is c1ccc(-c2cccc(-c3ccccc3)c2-n2c3ccccc3c3cc(N(c4ccccc4)c4ccc5c(c4)C4(c6ccccc6Sc6ccccc64)c4cccc6cccc-5c46)ccc32)cc1. The van der Waals surface area contributed by atoms with Crippen LogP contribution in [0.4, 0.5) is 17.1 Å². The van der Waals surface area contributed by atoms with E-state index >= 15 is 0 Å². The molecule has 3 heteroatoms. The Kier molecular flexibility index (Phi) is 8.77. The molecule has 1 aromatic heterocycles. The lowest BCUT2D eigenvalue weighted by atomic mass is 9.59. The molecule has 2 aliphatic rings. The predicted molar refractivity (Wildman–Crippen MR) is 285 cm³/mol. The van der Waals surface area contributed by atoms with Gasteiger partial charge in [0.2, 0.25) is 0 Å². The summed E-state index contributed by atoms with van der Waals surface area (Å²) in [4.78, 5) is 5.05. The van der Waals surface area contributed by atoms with Gasteiger partial charge in [-0.2, -0.15) is 0 Å². The Balaban J connectivity index is 1.04. The van der Waals surface area contributed by atoms with E-state index < -0.39 is 5.41 Å². The molecule has 2 nitrogen and oxygen atoms in total. The zero-order valence-corrected chi connectivity index (χ0v) is 37.9. The molecule has 0 bridgehead atoms. The van der Waals surface area contributed by atoms with Crippen molar-refractivity contribution < 1.29 is 0 Å². The van der Waals surface area contributed by atoms with Crippen molar-refractivity contribution in [3.8, 4) is 39.1 Å². The van der Waals surface area contributed by atoms with Gasteiger partial charge in [0.25, 0.3) is 0 Å². The number of benzene rings is 11. The molecule has 1 aliphatic carbocycles. The molecule has 0 N–H and O–H groups in total. The predicted octanol–water partition coefficient (Wildman–Crippen LogP) is 17.6. The van der Waals surface area contributed by atoms with Gasteiger partial charge in [-0.15, -0.1) is 0 Å². The summed E-state index contributed by atoms with van der Waals surface area (Å²) in [6.07, 6.45) is 0. The molecular weight excluding hydrogens is 841 g/mol. The molecule has 11 aromatic carbocycles. The molecule has 68 heavy (non-hydrogen) atoms. The maximum absolute atomic E-state index is 2.51. The van der Waals surface area contributed by atoms with Crippen molar-refractivity contribution in [3.63, 3.8) is 0 Å². The van der Waals surface area contributed by atoms with Gasteiger partial charge >= 0.3 is 0 Å². The van der Waals surface area contributed by atoms with E-state index in [-0.39, 0.29) is 0 Å². The second-order valence-corrected chi connectivity index (χ2v) is 19.0. The largest absolute Gasteiger partial charge is 0.310 e. The fourth-order valence-corrected chi connectivity index (χ4v) is 12.9. The Morgan fingerprint density at radius 3 is 1.57 bits per heavy atom. The third kappa shape index (κ3) is 5.66. The molecule has 0 fully saturated rings. The van der Waals surface area contributed by atoms with Crippen LogP contribution in [0.1, 0.15) is 22.3 Å². The van der Waals surface area contributed by atoms with E-state index in [4.69, 9.17) is 0 Å². The van der Waals surface area contributed by atoms with E-state index in [1.54, 1.807) is 0 Å². The molecule has 0 saturated heterocycles. The van der Waals surface area contributed by atoms with Gasteiger partial charge in [0.1, 0.15) is 0 Å². The Morgan fingerprint density at radius 1 is 0.338 bits per heavy atom. The van der Waals surface area contributed by atoms with Gasteiger partial charge in [-0.3, -0.25) is 0 Å². The highest BCUT2D eigenvalue weighted by Crippen LogP contribution is 2.62. The zero-order valence-electron chi connectivity index (χ0n) is 37.1. The molecule has 2 heterocycles. The van der Waals surface area contributed by atoms with Crippen molar-refractivity contribution in [3.05, 3.63) is 277 Å². The van der Waals surface area contributed by atoms with Crippen molar-refractivity contribution in [2.75, 3.05) is 4.90 Å². The van der Waals surface area contributed by atoms with Crippen LogP contribution in [0.25, 0.3) is 71.6 Å². The topological polar surface area (TPSA) is 8.17 Å². The molecule has 0 amide bonds. The molecule has 318 valence electrons. The van der Waals surface area contributed by atoms with E-state index in [2.05, 4.69) is 264 Å². The van der Waals surface area contributed by atoms with Crippen molar-refractivity contribution in [2.45, 2.75) is 15.2 Å². The number of para-hydroxylation sites is 3. The highest BCUT2D eigenvalue weighted by Gasteiger charge is 2.48. The fraction of sp³-hybridized carbons (Fsp3) is 0.0154. The molecule has 0 saturated carbocycles. The summed E-state index contributed by atoms with van der Waals surface area (Å²) in [5.41, 5.74) is 18.8. The highest BCUT2D eigenvalue weighted by molar-refractivity contribution is 7.99. The summed E-state index contributed by atoms with van der Waals surface area (Å²) in [5, 5.41) is 5.00. The second-order valence-electron chi connectivity index (χ2n) is 17.9. The third-order valence-electron chi connectivity index (χ3n) is 14.4. The third-order valence-corrected chi connectivity index (χ3v) is 15.6. The summed E-state index contributed by atoms with van der Waals surface area (Å²) in [6.45, 7) is 0. The molecule has 1 aliphatic heterocycles. The van der Waals surface area contributed by atoms with Crippen LogP contribution in [0, 0.1) is 0 Å². The van der Waals surface area contributed by atoms with E-state index in [1.807, 2.05) is 11.8 Å². The monoisotopic (exact) mass is 882 g/mol. The Labute approximate surface area is 400 Å². The van der Waals surface area contributed by atoms with Gasteiger partial charge in [0.15, 0.2) is 0 Å². The van der Waals surface area contributed by atoms with Gasteiger partial charge in [0, 0.05) is 48.8 Å². The van der Waals surface area contributed by atoms with Crippen LogP contribution in [0.15, 0.2) is 265 Å². The van der Waals surface area contributed by atoms with Crippen LogP contribution in [0.2, 0.25) is 0 Å². The normalized spacial score (nSPS) is 13.1. The van der Waals surface area contributed by atoms with E-state index in [9.17, 15) is 0 Å². The first-order valence-corrected chi connectivity index (χ1v) is 24.2. The van der Waals surface area contributed by atoms with Crippen LogP contribution >= 0.6 is 11.8 Å². The van der Waals surface area contributed by atoms with Crippen LogP contribution in [-0.4, -0.2) is 4.57 Å². The first-order valence-electron chi connectivity index (χ1n) is 23.4. The van der Waals surface area contributed by atoms with Crippen LogP contribution < -0.4 is 4.90 Å². The van der Waals surface area contributed by atoms with Gasteiger partial charge in [-0.1, -0.05) is 206 Å². The fourth-order valence-electron chi connectivity index (χ4n) is 11.7. The molecule has 12 aromatic rings. The number of nitrogens with zero attached hydrogens (tertiary/aromatic N) is 2. The Morgan fingerprint density at radius 2 is 0.868 bits per heavy atom. The van der Waals surface area contributed by atoms with Gasteiger partial charge in [-0.25, -0.2) is 0 Å². The lowest BCUT2D eigenvalue weighted by molar-refractivity contribution is 0.707. The first-order chi connectivity index (χ1) is 33.8. The highest BCUT2D eigenvalue weighted by atomic mass is 32.2. The van der Waals surface area contributed by atoms with Crippen molar-refractivity contribution in [1.82, 2.24) is 4.57 Å². The average molecular weight is 883 g/mol. The van der Waals surface area contributed by atoms with Crippen LogP contribution in [0.5, 0.6) is 0 Å². The quantitative estimate of drug-likeness (QED) is 0.164. The van der Waals surface area contributed by atoms with Crippen LogP contribution in [-0.2, 0) is 5.41 Å². The minimum atomic E-state index is -0.556. The van der Waals surface area contributed by atoms with E-state index in [1.165, 1.54) is 98.2 Å². The Hall–Kier alpha value is -8.37. The second kappa shape index (κ2) is 15.4. The molecule has 1 spiro atoms. The maximum atomic E-state index is 2.51. The molecule has 0 atom stereocenters.